The van der Waals surface area contributed by atoms with Gasteiger partial charge in [-0.25, -0.2) is 0 Å². The van der Waals surface area contributed by atoms with E-state index in [0.717, 1.165) is 31.7 Å². The van der Waals surface area contributed by atoms with Crippen LogP contribution in [0.15, 0.2) is 36.4 Å². The third-order valence-corrected chi connectivity index (χ3v) is 5.72. The lowest BCUT2D eigenvalue weighted by molar-refractivity contribution is 0.384. The maximum Gasteiger partial charge on any atom is 0.231 e. The summed E-state index contributed by atoms with van der Waals surface area (Å²) in [7, 11) is 0. The summed E-state index contributed by atoms with van der Waals surface area (Å²) in [6.45, 7) is 2.24. The van der Waals surface area contributed by atoms with Crippen LogP contribution in [0.1, 0.15) is 80.9 Å². The molecule has 1 aromatic heterocycles. The number of halogens is 2. The van der Waals surface area contributed by atoms with Crippen LogP contribution in [0.25, 0.3) is 0 Å². The number of aryl methyl sites for hydroxylation is 1. The molecule has 0 N–H and O–H groups in total. The molecule has 1 nitrogen and oxygen atoms in total. The minimum absolute atomic E-state index is 0.179. The average molecular weight is 382 g/mol. The molecule has 0 bridgehead atoms. The first-order valence-corrected chi connectivity index (χ1v) is 10.6. The van der Waals surface area contributed by atoms with Crippen molar-refractivity contribution in [1.82, 2.24) is 4.98 Å². The molecule has 148 valence electrons. The van der Waals surface area contributed by atoms with E-state index in [2.05, 4.69) is 48.0 Å². The van der Waals surface area contributed by atoms with Crippen LogP contribution in [0.3, 0.4) is 0 Å². The molecular formula is C25H29F2N. The van der Waals surface area contributed by atoms with Crippen LogP contribution < -0.4 is 0 Å². The van der Waals surface area contributed by atoms with E-state index in [4.69, 9.17) is 0 Å². The smallest absolute Gasteiger partial charge is 0.189 e. The van der Waals surface area contributed by atoms with Gasteiger partial charge in [0.25, 0.3) is 0 Å². The average Bonchev–Trinajstić information content (AvgIpc) is 2.72. The second-order valence-corrected chi connectivity index (χ2v) is 7.84. The Bertz CT molecular complexity index is 809. The van der Waals surface area contributed by atoms with Gasteiger partial charge in [0.2, 0.25) is 11.9 Å². The highest BCUT2D eigenvalue weighted by atomic mass is 19.1. The number of rotatable bonds is 6. The van der Waals surface area contributed by atoms with Crippen LogP contribution in [0.4, 0.5) is 8.78 Å². The minimum Gasteiger partial charge on any atom is -0.189 e. The number of nitrogens with zero attached hydrogens (tertiary/aromatic N) is 1. The molecule has 1 fully saturated rings. The van der Waals surface area contributed by atoms with Gasteiger partial charge in [-0.3, -0.25) is 0 Å². The van der Waals surface area contributed by atoms with Crippen molar-refractivity contribution in [2.24, 2.45) is 5.92 Å². The summed E-state index contributed by atoms with van der Waals surface area (Å²) < 4.78 is 26.4. The van der Waals surface area contributed by atoms with Crippen molar-refractivity contribution in [3.8, 4) is 11.8 Å². The van der Waals surface area contributed by atoms with E-state index in [1.807, 2.05) is 0 Å². The lowest BCUT2D eigenvalue weighted by Gasteiger charge is -2.26. The Morgan fingerprint density at radius 2 is 1.68 bits per heavy atom. The van der Waals surface area contributed by atoms with E-state index in [-0.39, 0.29) is 11.5 Å². The van der Waals surface area contributed by atoms with Gasteiger partial charge >= 0.3 is 0 Å². The first-order valence-electron chi connectivity index (χ1n) is 10.6. The van der Waals surface area contributed by atoms with Gasteiger partial charge in [-0.1, -0.05) is 62.3 Å². The van der Waals surface area contributed by atoms with Gasteiger partial charge in [0, 0.05) is 5.92 Å². The van der Waals surface area contributed by atoms with Crippen LogP contribution in [0.2, 0.25) is 0 Å². The Balaban J connectivity index is 1.49. The lowest BCUT2D eigenvalue weighted by atomic mass is 9.78. The van der Waals surface area contributed by atoms with Crippen LogP contribution in [0, 0.1) is 29.7 Å². The molecule has 0 aliphatic heterocycles. The Hall–Kier alpha value is -2.21. The monoisotopic (exact) mass is 381 g/mol. The van der Waals surface area contributed by atoms with E-state index in [1.54, 1.807) is 0 Å². The molecule has 3 heteroatoms. The first kappa shape index (κ1) is 20.5. The zero-order valence-electron chi connectivity index (χ0n) is 16.7. The van der Waals surface area contributed by atoms with E-state index >= 15 is 0 Å². The highest BCUT2D eigenvalue weighted by Gasteiger charge is 2.21. The minimum atomic E-state index is -0.823. The number of aromatic nitrogens is 1. The third-order valence-electron chi connectivity index (χ3n) is 5.72. The summed E-state index contributed by atoms with van der Waals surface area (Å²) in [5, 5.41) is 0. The highest BCUT2D eigenvalue weighted by Crippen LogP contribution is 2.35. The van der Waals surface area contributed by atoms with E-state index < -0.39 is 11.9 Å². The summed E-state index contributed by atoms with van der Waals surface area (Å²) in [4.78, 5) is 3.19. The summed E-state index contributed by atoms with van der Waals surface area (Å²) in [5.74, 6) is 5.24. The van der Waals surface area contributed by atoms with Crippen molar-refractivity contribution in [2.75, 3.05) is 0 Å². The van der Waals surface area contributed by atoms with Crippen LogP contribution >= 0.6 is 0 Å². The molecule has 0 spiro atoms. The maximum absolute atomic E-state index is 13.6. The van der Waals surface area contributed by atoms with E-state index in [0.29, 0.717) is 5.92 Å². The molecule has 28 heavy (non-hydrogen) atoms. The maximum atomic E-state index is 13.6. The summed E-state index contributed by atoms with van der Waals surface area (Å²) in [6.07, 6.45) is 10.6. The number of pyridine rings is 1. The molecule has 1 aliphatic rings. The van der Waals surface area contributed by atoms with Gasteiger partial charge in [-0.2, -0.15) is 13.8 Å². The Kier molecular flexibility index (Phi) is 7.60. The number of benzene rings is 1. The molecule has 0 saturated heterocycles. The Morgan fingerprint density at radius 1 is 0.929 bits per heavy atom. The Morgan fingerprint density at radius 3 is 2.36 bits per heavy atom. The number of hydrogen-bond donors (Lipinski definition) is 0. The third kappa shape index (κ3) is 5.89. The summed E-state index contributed by atoms with van der Waals surface area (Å²) in [6, 6.07) is 11.7. The molecular weight excluding hydrogens is 352 g/mol. The summed E-state index contributed by atoms with van der Waals surface area (Å²) >= 11 is 0. The molecule has 0 radical (unpaired) electrons. The Labute approximate surface area is 167 Å². The molecule has 0 amide bonds. The van der Waals surface area contributed by atoms with Crippen molar-refractivity contribution in [3.63, 3.8) is 0 Å². The predicted octanol–water partition coefficient (Wildman–Crippen LogP) is 6.81. The van der Waals surface area contributed by atoms with Gasteiger partial charge in [-0.05, 0) is 67.7 Å². The molecule has 0 unspecified atom stereocenters. The number of hydrogen-bond acceptors (Lipinski definition) is 1. The first-order chi connectivity index (χ1) is 13.7. The number of unbranched alkanes of at least 4 members (excludes halogenated alkanes) is 3. The largest absolute Gasteiger partial charge is 0.231 e. The SMILES string of the molecule is CCCCCCc1ccc(C2CCC(C#Cc3ccc(F)nc3F)CC2)cc1. The van der Waals surface area contributed by atoms with Crippen molar-refractivity contribution in [2.45, 2.75) is 70.6 Å². The fourth-order valence-electron chi connectivity index (χ4n) is 3.97. The molecule has 3 rings (SSSR count). The summed E-state index contributed by atoms with van der Waals surface area (Å²) in [5.41, 5.74) is 3.05. The van der Waals surface area contributed by atoms with Gasteiger partial charge in [0.1, 0.15) is 0 Å². The van der Waals surface area contributed by atoms with Crippen molar-refractivity contribution in [3.05, 3.63) is 65.0 Å². The van der Waals surface area contributed by atoms with Crippen molar-refractivity contribution in [1.29, 1.82) is 0 Å². The predicted molar refractivity (Wildman–Crippen MR) is 110 cm³/mol. The standard InChI is InChI=1S/C25H29F2N/c1-2-3-4-5-6-19-7-12-21(13-8-19)22-14-9-20(10-15-22)11-16-23-17-18-24(26)28-25(23)27/h7-8,12-13,17-18,20,22H,2-6,9-10,14-15H2,1H3. The second-order valence-electron chi connectivity index (χ2n) is 7.84. The zero-order chi connectivity index (χ0) is 19.8. The zero-order valence-corrected chi connectivity index (χ0v) is 16.7. The van der Waals surface area contributed by atoms with Gasteiger partial charge in [-0.15, -0.1) is 0 Å². The molecule has 1 aliphatic carbocycles. The van der Waals surface area contributed by atoms with Gasteiger partial charge in [0.15, 0.2) is 0 Å². The molecule has 1 heterocycles. The second kappa shape index (κ2) is 10.4. The fraction of sp³-hybridized carbons (Fsp3) is 0.480. The molecule has 1 saturated carbocycles. The van der Waals surface area contributed by atoms with Crippen LogP contribution in [0.5, 0.6) is 0 Å². The molecule has 2 aromatic rings. The van der Waals surface area contributed by atoms with Gasteiger partial charge in [0.05, 0.1) is 5.56 Å². The highest BCUT2D eigenvalue weighted by molar-refractivity contribution is 5.33. The van der Waals surface area contributed by atoms with Crippen molar-refractivity contribution < 1.29 is 8.78 Å². The van der Waals surface area contributed by atoms with Crippen molar-refractivity contribution >= 4 is 0 Å². The fourth-order valence-corrected chi connectivity index (χ4v) is 3.97. The normalized spacial score (nSPS) is 19.1. The molecule has 1 aromatic carbocycles. The quantitative estimate of drug-likeness (QED) is 0.304. The van der Waals surface area contributed by atoms with E-state index in [1.165, 1.54) is 49.3 Å². The molecule has 0 atom stereocenters. The van der Waals surface area contributed by atoms with Gasteiger partial charge < -0.3 is 0 Å². The lowest BCUT2D eigenvalue weighted by Crippen LogP contribution is -2.12. The van der Waals surface area contributed by atoms with E-state index in [9.17, 15) is 8.78 Å². The topological polar surface area (TPSA) is 12.9 Å². The van der Waals surface area contributed by atoms with Crippen LogP contribution in [-0.4, -0.2) is 4.98 Å². The van der Waals surface area contributed by atoms with Crippen LogP contribution in [-0.2, 0) is 6.42 Å².